The van der Waals surface area contributed by atoms with Gasteiger partial charge in [-0.3, -0.25) is 0 Å². The van der Waals surface area contributed by atoms with Crippen molar-refractivity contribution in [3.8, 4) is 11.5 Å². The van der Waals surface area contributed by atoms with Crippen molar-refractivity contribution in [1.29, 1.82) is 0 Å². The average molecular weight is 205 g/mol. The van der Waals surface area contributed by atoms with Crippen molar-refractivity contribution in [2.45, 2.75) is 37.1 Å². The van der Waals surface area contributed by atoms with E-state index in [-0.39, 0.29) is 17.5 Å². The highest BCUT2D eigenvalue weighted by molar-refractivity contribution is 5.51. The van der Waals surface area contributed by atoms with Gasteiger partial charge >= 0.3 is 0 Å². The first kappa shape index (κ1) is 9.04. The fourth-order valence-electron chi connectivity index (χ4n) is 3.16. The first-order valence-electron chi connectivity index (χ1n) is 5.48. The van der Waals surface area contributed by atoms with E-state index in [0.29, 0.717) is 11.8 Å². The zero-order valence-electron chi connectivity index (χ0n) is 8.48. The predicted molar refractivity (Wildman–Crippen MR) is 57.1 cm³/mol. The van der Waals surface area contributed by atoms with Gasteiger partial charge in [0.05, 0.1) is 0 Å². The van der Waals surface area contributed by atoms with Gasteiger partial charge in [0, 0.05) is 6.04 Å². The van der Waals surface area contributed by atoms with Gasteiger partial charge in [-0.25, -0.2) is 0 Å². The molecule has 3 atom stereocenters. The van der Waals surface area contributed by atoms with Crippen LogP contribution < -0.4 is 5.73 Å². The summed E-state index contributed by atoms with van der Waals surface area (Å²) in [5.74, 6) is 0.825. The summed E-state index contributed by atoms with van der Waals surface area (Å²) in [6.45, 7) is 0. The van der Waals surface area contributed by atoms with E-state index < -0.39 is 0 Å². The number of aromatic hydroxyl groups is 2. The van der Waals surface area contributed by atoms with Gasteiger partial charge in [-0.1, -0.05) is 0 Å². The first-order valence-corrected chi connectivity index (χ1v) is 5.48. The van der Waals surface area contributed by atoms with Crippen LogP contribution in [0.1, 0.15) is 42.2 Å². The fourth-order valence-corrected chi connectivity index (χ4v) is 3.16. The van der Waals surface area contributed by atoms with Crippen LogP contribution in [0.25, 0.3) is 0 Å². The maximum Gasteiger partial charge on any atom is 0.157 e. The minimum Gasteiger partial charge on any atom is -0.504 e. The largest absolute Gasteiger partial charge is 0.504 e. The Morgan fingerprint density at radius 2 is 1.73 bits per heavy atom. The topological polar surface area (TPSA) is 66.5 Å². The molecule has 0 aliphatic heterocycles. The molecule has 0 amide bonds. The Morgan fingerprint density at radius 3 is 2.40 bits per heavy atom. The zero-order chi connectivity index (χ0) is 10.6. The summed E-state index contributed by atoms with van der Waals surface area (Å²) in [7, 11) is 0. The molecule has 0 heterocycles. The Kier molecular flexibility index (Phi) is 1.74. The maximum atomic E-state index is 9.50. The Morgan fingerprint density at radius 1 is 1.07 bits per heavy atom. The Bertz CT molecular complexity index is 416. The molecule has 1 aromatic rings. The number of hydrogen-bond acceptors (Lipinski definition) is 3. The van der Waals surface area contributed by atoms with E-state index in [1.807, 2.05) is 0 Å². The fraction of sp³-hybridized carbons (Fsp3) is 0.500. The van der Waals surface area contributed by atoms with Crippen LogP contribution in [0.5, 0.6) is 11.5 Å². The lowest BCUT2D eigenvalue weighted by Gasteiger charge is -2.42. The highest BCUT2D eigenvalue weighted by atomic mass is 16.3. The third-order valence-electron chi connectivity index (χ3n) is 3.92. The van der Waals surface area contributed by atoms with Crippen molar-refractivity contribution in [2.75, 3.05) is 0 Å². The van der Waals surface area contributed by atoms with Crippen LogP contribution in [-0.4, -0.2) is 16.3 Å². The van der Waals surface area contributed by atoms with Gasteiger partial charge in [0.25, 0.3) is 0 Å². The summed E-state index contributed by atoms with van der Waals surface area (Å²) in [5.41, 5.74) is 8.43. The molecule has 0 spiro atoms. The molecule has 4 rings (SSSR count). The lowest BCUT2D eigenvalue weighted by Crippen LogP contribution is -2.39. The normalized spacial score (nSPS) is 32.7. The third kappa shape index (κ3) is 1.16. The maximum absolute atomic E-state index is 9.50. The van der Waals surface area contributed by atoms with Crippen LogP contribution in [0.4, 0.5) is 0 Å². The summed E-state index contributed by atoms with van der Waals surface area (Å²) in [6.07, 6.45) is 3.29. The summed E-state index contributed by atoms with van der Waals surface area (Å²) < 4.78 is 0. The van der Waals surface area contributed by atoms with Crippen LogP contribution >= 0.6 is 0 Å². The molecule has 1 fully saturated rings. The van der Waals surface area contributed by atoms with E-state index in [1.165, 1.54) is 5.56 Å². The van der Waals surface area contributed by atoms with Crippen molar-refractivity contribution in [1.82, 2.24) is 0 Å². The molecular weight excluding hydrogens is 190 g/mol. The van der Waals surface area contributed by atoms with Crippen molar-refractivity contribution >= 4 is 0 Å². The molecule has 0 saturated heterocycles. The summed E-state index contributed by atoms with van der Waals surface area (Å²) in [6, 6.07) is 3.63. The van der Waals surface area contributed by atoms with E-state index in [9.17, 15) is 10.2 Å². The van der Waals surface area contributed by atoms with Gasteiger partial charge in [0.15, 0.2) is 11.5 Å². The van der Waals surface area contributed by atoms with Gasteiger partial charge in [-0.15, -0.1) is 0 Å². The number of phenolic OH excluding ortho intramolecular Hbond substituents is 2. The molecule has 3 heteroatoms. The number of phenols is 2. The average Bonchev–Trinajstić information content (AvgIpc) is 2.21. The molecule has 0 aromatic heterocycles. The number of hydrogen-bond donors (Lipinski definition) is 3. The highest BCUT2D eigenvalue weighted by Gasteiger charge is 2.38. The molecule has 3 nitrogen and oxygen atoms in total. The van der Waals surface area contributed by atoms with Crippen molar-refractivity contribution < 1.29 is 10.2 Å². The SMILES string of the molecule is NC1CC2CCC1c1cc(O)c(O)cc12. The second-order valence-corrected chi connectivity index (χ2v) is 4.75. The standard InChI is InChI=1S/C12H15NO2/c13-10-3-6-1-2-7(10)9-5-12(15)11(14)4-8(6)9/h4-7,10,14-15H,1-3,13H2. The molecule has 3 aliphatic carbocycles. The minimum atomic E-state index is -0.0199. The molecular formula is C12H15NO2. The smallest absolute Gasteiger partial charge is 0.157 e. The van der Waals surface area contributed by atoms with E-state index in [1.54, 1.807) is 12.1 Å². The molecule has 3 unspecified atom stereocenters. The molecule has 1 aromatic carbocycles. The molecule has 15 heavy (non-hydrogen) atoms. The van der Waals surface area contributed by atoms with Gasteiger partial charge in [0.1, 0.15) is 0 Å². The van der Waals surface area contributed by atoms with Crippen molar-refractivity contribution in [3.05, 3.63) is 23.3 Å². The highest BCUT2D eigenvalue weighted by Crippen LogP contribution is 2.51. The van der Waals surface area contributed by atoms with E-state index in [2.05, 4.69) is 0 Å². The van der Waals surface area contributed by atoms with E-state index in [0.717, 1.165) is 24.8 Å². The molecule has 2 bridgehead atoms. The van der Waals surface area contributed by atoms with Crippen LogP contribution in [0.2, 0.25) is 0 Å². The minimum absolute atomic E-state index is 0.00475. The third-order valence-corrected chi connectivity index (χ3v) is 3.92. The van der Waals surface area contributed by atoms with Gasteiger partial charge in [-0.05, 0) is 54.4 Å². The van der Waals surface area contributed by atoms with Crippen molar-refractivity contribution in [2.24, 2.45) is 5.73 Å². The monoisotopic (exact) mass is 205 g/mol. The van der Waals surface area contributed by atoms with Crippen LogP contribution in [0.15, 0.2) is 12.1 Å². The summed E-state index contributed by atoms with van der Waals surface area (Å²) in [5, 5.41) is 19.0. The molecule has 0 radical (unpaired) electrons. The molecule has 4 N–H and O–H groups in total. The van der Waals surface area contributed by atoms with Crippen LogP contribution in [-0.2, 0) is 0 Å². The number of nitrogens with two attached hydrogens (primary N) is 1. The van der Waals surface area contributed by atoms with Gasteiger partial charge in [0.2, 0.25) is 0 Å². The zero-order valence-corrected chi connectivity index (χ0v) is 8.48. The summed E-state index contributed by atoms with van der Waals surface area (Å²) in [4.78, 5) is 0. The lowest BCUT2D eigenvalue weighted by molar-refractivity contribution is 0.309. The molecule has 1 saturated carbocycles. The van der Waals surface area contributed by atoms with Crippen LogP contribution in [0, 0.1) is 0 Å². The van der Waals surface area contributed by atoms with Crippen molar-refractivity contribution in [3.63, 3.8) is 0 Å². The summed E-state index contributed by atoms with van der Waals surface area (Å²) >= 11 is 0. The quantitative estimate of drug-likeness (QED) is 0.566. The lowest BCUT2D eigenvalue weighted by atomic mass is 9.65. The second-order valence-electron chi connectivity index (χ2n) is 4.75. The first-order chi connectivity index (χ1) is 7.16. The molecule has 3 aliphatic rings. The Labute approximate surface area is 88.5 Å². The van der Waals surface area contributed by atoms with Gasteiger partial charge < -0.3 is 15.9 Å². The predicted octanol–water partition coefficient (Wildman–Crippen LogP) is 1.79. The Balaban J connectivity index is 2.18. The number of rotatable bonds is 0. The molecule has 80 valence electrons. The number of fused-ring (bicyclic) bond motifs is 2. The van der Waals surface area contributed by atoms with Crippen LogP contribution in [0.3, 0.4) is 0 Å². The van der Waals surface area contributed by atoms with Gasteiger partial charge in [-0.2, -0.15) is 0 Å². The number of benzene rings is 1. The second kappa shape index (κ2) is 2.89. The Hall–Kier alpha value is -1.22. The van der Waals surface area contributed by atoms with E-state index in [4.69, 9.17) is 5.73 Å². The van der Waals surface area contributed by atoms with E-state index >= 15 is 0 Å².